The number of aromatic hydroxyl groups is 2. The number of phenolic OH excluding ortho intramolecular Hbond substituents is 2. The lowest BCUT2D eigenvalue weighted by Gasteiger charge is -2.39. The number of aliphatic hydroxyl groups is 8. The molecule has 3 heterocycles. The van der Waals surface area contributed by atoms with Crippen LogP contribution in [0.1, 0.15) is 0 Å². The summed E-state index contributed by atoms with van der Waals surface area (Å²) in [5, 5.41) is 101. The molecule has 15 nitrogen and oxygen atoms in total. The smallest absolute Gasteiger partial charge is 0.402 e. The Morgan fingerprint density at radius 3 is 1.76 bits per heavy atom. The molecule has 2 fully saturated rings. The molecular formula is C27H31O15+. The summed E-state index contributed by atoms with van der Waals surface area (Å²) in [7, 11) is 0. The fraction of sp³-hybridized carbons (Fsp3) is 0.444. The minimum Gasteiger partial charge on any atom is -0.508 e. The molecule has 5 rings (SSSR count). The Kier molecular flexibility index (Phi) is 8.68. The maximum absolute atomic E-state index is 10.8. The van der Waals surface area contributed by atoms with Gasteiger partial charge in [-0.1, -0.05) is 0 Å². The van der Waals surface area contributed by atoms with Crippen LogP contribution >= 0.6 is 0 Å². The van der Waals surface area contributed by atoms with Gasteiger partial charge < -0.3 is 70.0 Å². The lowest BCUT2D eigenvalue weighted by atomic mass is 9.99. The highest BCUT2D eigenvalue weighted by molar-refractivity contribution is 5.88. The van der Waals surface area contributed by atoms with Crippen LogP contribution in [-0.4, -0.2) is 126 Å². The van der Waals surface area contributed by atoms with E-state index in [1.54, 1.807) is 0 Å². The first-order chi connectivity index (χ1) is 20.0. The van der Waals surface area contributed by atoms with Crippen molar-refractivity contribution in [2.75, 3.05) is 13.2 Å². The van der Waals surface area contributed by atoms with E-state index >= 15 is 0 Å². The Morgan fingerprint density at radius 1 is 0.667 bits per heavy atom. The lowest BCUT2D eigenvalue weighted by Crippen LogP contribution is -2.60. The molecule has 10 atom stereocenters. The van der Waals surface area contributed by atoms with Gasteiger partial charge in [-0.05, 0) is 24.3 Å². The molecule has 0 aliphatic carbocycles. The first-order valence-electron chi connectivity index (χ1n) is 12.9. The van der Waals surface area contributed by atoms with E-state index in [1.807, 2.05) is 0 Å². The number of ether oxygens (including phenoxy) is 4. The maximum Gasteiger partial charge on any atom is 0.402 e. The first kappa shape index (κ1) is 30.1. The van der Waals surface area contributed by atoms with Crippen LogP contribution in [0.2, 0.25) is 0 Å². The third-order valence-corrected chi connectivity index (χ3v) is 7.13. The van der Waals surface area contributed by atoms with Crippen LogP contribution in [0.25, 0.3) is 22.3 Å². The summed E-state index contributed by atoms with van der Waals surface area (Å²) < 4.78 is 28.3. The van der Waals surface area contributed by atoms with Gasteiger partial charge in [-0.25, -0.2) is 4.42 Å². The molecule has 0 spiro atoms. The quantitative estimate of drug-likeness (QED) is 0.135. The van der Waals surface area contributed by atoms with Gasteiger partial charge in [0.1, 0.15) is 71.5 Å². The van der Waals surface area contributed by atoms with Gasteiger partial charge in [0.05, 0.1) is 24.8 Å². The van der Waals surface area contributed by atoms with E-state index in [4.69, 9.17) is 23.4 Å². The minimum atomic E-state index is -1.74. The topological polar surface area (TPSA) is 251 Å². The Labute approximate surface area is 237 Å². The van der Waals surface area contributed by atoms with Crippen LogP contribution in [0.4, 0.5) is 0 Å². The molecule has 15 heteroatoms. The highest BCUT2D eigenvalue weighted by atomic mass is 16.7. The molecule has 2 saturated heterocycles. The van der Waals surface area contributed by atoms with Crippen molar-refractivity contribution in [1.29, 1.82) is 0 Å². The van der Waals surface area contributed by atoms with Crippen LogP contribution < -0.4 is 9.47 Å². The van der Waals surface area contributed by atoms with Crippen LogP contribution in [0.3, 0.4) is 0 Å². The number of rotatable bonds is 7. The highest BCUT2D eigenvalue weighted by Gasteiger charge is 2.46. The van der Waals surface area contributed by atoms with Crippen molar-refractivity contribution in [1.82, 2.24) is 0 Å². The third-order valence-electron chi connectivity index (χ3n) is 7.13. The van der Waals surface area contributed by atoms with E-state index in [0.717, 1.165) is 6.07 Å². The van der Waals surface area contributed by atoms with E-state index in [2.05, 4.69) is 0 Å². The van der Waals surface area contributed by atoms with Crippen molar-refractivity contribution < 1.29 is 74.4 Å². The largest absolute Gasteiger partial charge is 0.508 e. The molecular weight excluding hydrogens is 564 g/mol. The summed E-state index contributed by atoms with van der Waals surface area (Å²) in [4.78, 5) is 0. The number of hydrogen-bond donors (Lipinski definition) is 10. The van der Waals surface area contributed by atoms with Crippen LogP contribution in [0.15, 0.2) is 46.9 Å². The zero-order valence-electron chi connectivity index (χ0n) is 21.7. The van der Waals surface area contributed by atoms with Crippen molar-refractivity contribution in [3.8, 4) is 34.3 Å². The normalized spacial score (nSPS) is 33.4. The zero-order chi connectivity index (χ0) is 30.3. The molecule has 10 N–H and O–H groups in total. The average Bonchev–Trinajstić information content (AvgIpc) is 2.98. The summed E-state index contributed by atoms with van der Waals surface area (Å²) in [6, 6.07) is 9.47. The predicted octanol–water partition coefficient (Wildman–Crippen LogP) is -1.85. The SMILES string of the molecule is OC[C@H]1O[C@@H](Oc2cc3c(O)cc(O[C@@H]4O[C@H](CO)[C@@H](O)[C@H](O)[C@H]4O)cc3[o+]c2-c2ccc(O)cc2)[C@@H](O)[C@@H](O)[C@@H]1O. The lowest BCUT2D eigenvalue weighted by molar-refractivity contribution is -0.277. The van der Waals surface area contributed by atoms with E-state index in [0.29, 0.717) is 5.56 Å². The Balaban J connectivity index is 1.53. The molecule has 2 aromatic carbocycles. The van der Waals surface area contributed by atoms with Crippen molar-refractivity contribution >= 4 is 11.0 Å². The van der Waals surface area contributed by atoms with Gasteiger partial charge in [-0.15, -0.1) is 0 Å². The van der Waals surface area contributed by atoms with Crippen molar-refractivity contribution in [2.45, 2.75) is 61.4 Å². The monoisotopic (exact) mass is 595 g/mol. The number of aliphatic hydroxyl groups excluding tert-OH is 8. The second kappa shape index (κ2) is 12.1. The minimum absolute atomic E-state index is 0.00357. The van der Waals surface area contributed by atoms with Crippen LogP contribution in [0.5, 0.6) is 23.0 Å². The van der Waals surface area contributed by atoms with Crippen LogP contribution in [0, 0.1) is 0 Å². The Hall–Kier alpha value is -3.35. The third kappa shape index (κ3) is 5.67. The zero-order valence-corrected chi connectivity index (χ0v) is 21.7. The molecule has 0 saturated carbocycles. The van der Waals surface area contributed by atoms with Crippen LogP contribution in [-0.2, 0) is 9.47 Å². The van der Waals surface area contributed by atoms with E-state index in [9.17, 15) is 51.1 Å². The molecule has 0 radical (unpaired) electrons. The van der Waals surface area contributed by atoms with E-state index < -0.39 is 80.4 Å². The molecule has 1 aromatic heterocycles. The average molecular weight is 596 g/mol. The summed E-state index contributed by atoms with van der Waals surface area (Å²) in [6.45, 7) is -1.36. The molecule has 2 aliphatic rings. The van der Waals surface area contributed by atoms with Gasteiger partial charge in [0.25, 0.3) is 0 Å². The van der Waals surface area contributed by atoms with Crippen molar-refractivity contribution in [2.24, 2.45) is 0 Å². The van der Waals surface area contributed by atoms with E-state index in [-0.39, 0.29) is 34.0 Å². The molecule has 228 valence electrons. The number of benzene rings is 2. The molecule has 0 unspecified atom stereocenters. The van der Waals surface area contributed by atoms with Gasteiger partial charge in [0.15, 0.2) is 0 Å². The highest BCUT2D eigenvalue weighted by Crippen LogP contribution is 2.41. The second-order valence-corrected chi connectivity index (χ2v) is 9.97. The molecule has 3 aromatic rings. The number of phenols is 2. The molecule has 0 bridgehead atoms. The second-order valence-electron chi connectivity index (χ2n) is 9.97. The number of fused-ring (bicyclic) bond motifs is 1. The van der Waals surface area contributed by atoms with Crippen molar-refractivity contribution in [3.63, 3.8) is 0 Å². The predicted molar refractivity (Wildman–Crippen MR) is 138 cm³/mol. The summed E-state index contributed by atoms with van der Waals surface area (Å²) in [5.41, 5.74) is 0.368. The Morgan fingerprint density at radius 2 is 1.21 bits per heavy atom. The summed E-state index contributed by atoms with van der Waals surface area (Å²) in [5.74, 6) is -0.651. The van der Waals surface area contributed by atoms with Gasteiger partial charge in [-0.3, -0.25) is 0 Å². The fourth-order valence-electron chi connectivity index (χ4n) is 4.73. The summed E-state index contributed by atoms with van der Waals surface area (Å²) in [6.07, 6.45) is -15.7. The fourth-order valence-corrected chi connectivity index (χ4v) is 4.73. The Bertz CT molecular complexity index is 1380. The first-order valence-corrected chi connectivity index (χ1v) is 12.9. The molecule has 2 aliphatic heterocycles. The standard InChI is InChI=1S/C27H30O15/c28-8-17-19(32)21(34)23(36)26(41-17)38-12-5-14(31)13-7-16(40-27-24(37)22(35)20(33)18(9-29)42-27)25(39-15(13)6-12)10-1-3-11(30)4-2-10/h1-7,17-24,26-29,32-37H,8-9H2,(H-,30,31)/p+1/t17-,18-,19-,20-,21+,22+,23-,24+,26-,27-/m1/s1. The van der Waals surface area contributed by atoms with Gasteiger partial charge in [0.2, 0.25) is 18.3 Å². The summed E-state index contributed by atoms with van der Waals surface area (Å²) >= 11 is 0. The van der Waals surface area contributed by atoms with E-state index in [1.165, 1.54) is 36.4 Å². The molecule has 42 heavy (non-hydrogen) atoms. The maximum atomic E-state index is 10.8. The van der Waals surface area contributed by atoms with Gasteiger partial charge in [-0.2, -0.15) is 0 Å². The van der Waals surface area contributed by atoms with Gasteiger partial charge in [0, 0.05) is 12.1 Å². The van der Waals surface area contributed by atoms with Gasteiger partial charge >= 0.3 is 11.3 Å². The van der Waals surface area contributed by atoms with Crippen molar-refractivity contribution in [3.05, 3.63) is 42.5 Å². The molecule has 0 amide bonds. The number of hydrogen-bond acceptors (Lipinski definition) is 14.